The third kappa shape index (κ3) is 2.40. The van der Waals surface area contributed by atoms with Gasteiger partial charge in [-0.15, -0.1) is 0 Å². The van der Waals surface area contributed by atoms with E-state index in [9.17, 15) is 4.79 Å². The molecule has 0 radical (unpaired) electrons. The third-order valence-electron chi connectivity index (χ3n) is 5.08. The number of epoxide rings is 1. The maximum Gasteiger partial charge on any atom is 0.312 e. The molecule has 3 rings (SSSR count). The number of carbonyl (C=O) groups excluding carboxylic acids is 1. The van der Waals surface area contributed by atoms with Crippen LogP contribution < -0.4 is 0 Å². The Morgan fingerprint density at radius 2 is 2.30 bits per heavy atom. The summed E-state index contributed by atoms with van der Waals surface area (Å²) in [6, 6.07) is 0. The van der Waals surface area contributed by atoms with Crippen LogP contribution in [0.2, 0.25) is 0 Å². The summed E-state index contributed by atoms with van der Waals surface area (Å²) in [5.74, 6) is -0.0259. The molecule has 0 spiro atoms. The maximum atomic E-state index is 12.1. The van der Waals surface area contributed by atoms with Gasteiger partial charge < -0.3 is 14.2 Å². The molecule has 2 aliphatic heterocycles. The molecule has 0 amide bonds. The van der Waals surface area contributed by atoms with Gasteiger partial charge in [0.2, 0.25) is 0 Å². The van der Waals surface area contributed by atoms with Crippen molar-refractivity contribution in [2.24, 2.45) is 11.8 Å². The van der Waals surface area contributed by atoms with Crippen LogP contribution in [0.3, 0.4) is 0 Å². The minimum atomic E-state index is -0.134. The first-order valence-electron chi connectivity index (χ1n) is 7.58. The molecule has 0 aromatic rings. The first-order valence-corrected chi connectivity index (χ1v) is 7.58. The Morgan fingerprint density at radius 1 is 1.50 bits per heavy atom. The van der Waals surface area contributed by atoms with E-state index in [1.54, 1.807) is 7.11 Å². The zero-order valence-corrected chi connectivity index (χ0v) is 12.6. The van der Waals surface area contributed by atoms with Crippen LogP contribution in [-0.4, -0.2) is 37.5 Å². The fraction of sp³-hybridized carbons (Fsp3) is 0.812. The van der Waals surface area contributed by atoms with Crippen molar-refractivity contribution >= 4 is 5.97 Å². The monoisotopic (exact) mass is 280 g/mol. The number of esters is 1. The van der Waals surface area contributed by atoms with E-state index in [0.717, 1.165) is 25.7 Å². The molecule has 2 fully saturated rings. The van der Waals surface area contributed by atoms with E-state index in [4.69, 9.17) is 14.2 Å². The van der Waals surface area contributed by atoms with Gasteiger partial charge in [-0.3, -0.25) is 4.79 Å². The molecule has 0 N–H and O–H groups in total. The van der Waals surface area contributed by atoms with Crippen molar-refractivity contribution in [1.29, 1.82) is 0 Å². The summed E-state index contributed by atoms with van der Waals surface area (Å²) in [6.45, 7) is 4.76. The lowest BCUT2D eigenvalue weighted by Crippen LogP contribution is -2.31. The van der Waals surface area contributed by atoms with Crippen molar-refractivity contribution in [3.8, 4) is 0 Å². The number of allylic oxidation sites excluding steroid dienone is 2. The number of hydrogen-bond donors (Lipinski definition) is 0. The summed E-state index contributed by atoms with van der Waals surface area (Å²) in [6.07, 6.45) is 6.36. The van der Waals surface area contributed by atoms with Crippen LogP contribution in [0.1, 0.15) is 39.5 Å². The number of methoxy groups -OCH3 is 1. The van der Waals surface area contributed by atoms with Crippen molar-refractivity contribution in [3.05, 3.63) is 11.6 Å². The lowest BCUT2D eigenvalue weighted by molar-refractivity contribution is -0.145. The maximum absolute atomic E-state index is 12.1. The molecule has 0 unspecified atom stereocenters. The van der Waals surface area contributed by atoms with Gasteiger partial charge in [0.25, 0.3) is 0 Å². The first-order chi connectivity index (χ1) is 9.55. The second-order valence-corrected chi connectivity index (χ2v) is 6.61. The molecule has 2 heterocycles. The predicted molar refractivity (Wildman–Crippen MR) is 74.2 cm³/mol. The standard InChI is InChI=1S/C16H24O4/c1-10-5-4-8-16(2)14(20-16)13-11(7-6-10)12(9-18-3)15(17)19-13/h5,11-14H,4,6-9H2,1-3H3/b10-5+/t11-,12+,13-,14-,16-/m0/s1. The minimum Gasteiger partial charge on any atom is -0.459 e. The zero-order chi connectivity index (χ0) is 14.3. The molecule has 4 heteroatoms. The van der Waals surface area contributed by atoms with Gasteiger partial charge in [0.1, 0.15) is 12.2 Å². The van der Waals surface area contributed by atoms with Crippen molar-refractivity contribution in [2.75, 3.05) is 13.7 Å². The molecule has 4 nitrogen and oxygen atoms in total. The summed E-state index contributed by atoms with van der Waals surface area (Å²) in [5.41, 5.74) is 1.29. The number of carbonyl (C=O) groups is 1. The van der Waals surface area contributed by atoms with Crippen LogP contribution in [-0.2, 0) is 19.0 Å². The molecule has 1 aliphatic carbocycles. The predicted octanol–water partition coefficient (Wildman–Crippen LogP) is 2.47. The van der Waals surface area contributed by atoms with E-state index in [0.29, 0.717) is 6.61 Å². The molecule has 112 valence electrons. The average molecular weight is 280 g/mol. The van der Waals surface area contributed by atoms with Crippen LogP contribution in [0, 0.1) is 11.8 Å². The summed E-state index contributed by atoms with van der Waals surface area (Å²) in [7, 11) is 1.64. The fourth-order valence-corrected chi connectivity index (χ4v) is 3.71. The fourth-order valence-electron chi connectivity index (χ4n) is 3.71. The van der Waals surface area contributed by atoms with Crippen LogP contribution in [0.4, 0.5) is 0 Å². The molecule has 3 aliphatic rings. The first kappa shape index (κ1) is 14.1. The molecular weight excluding hydrogens is 256 g/mol. The summed E-state index contributed by atoms with van der Waals surface area (Å²) in [5, 5.41) is 0. The minimum absolute atomic E-state index is 0.0742. The highest BCUT2D eigenvalue weighted by atomic mass is 16.6. The van der Waals surface area contributed by atoms with Crippen LogP contribution in [0.25, 0.3) is 0 Å². The van der Waals surface area contributed by atoms with E-state index < -0.39 is 0 Å². The van der Waals surface area contributed by atoms with Crippen LogP contribution in [0.5, 0.6) is 0 Å². The Bertz CT molecular complexity index is 430. The van der Waals surface area contributed by atoms with Gasteiger partial charge in [-0.1, -0.05) is 11.6 Å². The molecule has 20 heavy (non-hydrogen) atoms. The van der Waals surface area contributed by atoms with Crippen molar-refractivity contribution in [2.45, 2.75) is 57.3 Å². The average Bonchev–Trinajstić information content (AvgIpc) is 2.97. The summed E-state index contributed by atoms with van der Waals surface area (Å²) >= 11 is 0. The smallest absolute Gasteiger partial charge is 0.312 e. The highest BCUT2D eigenvalue weighted by Gasteiger charge is 2.62. The molecule has 0 aromatic carbocycles. The van der Waals surface area contributed by atoms with E-state index >= 15 is 0 Å². The number of ether oxygens (including phenoxy) is 3. The summed E-state index contributed by atoms with van der Waals surface area (Å²) in [4.78, 5) is 12.1. The Hall–Kier alpha value is -0.870. The van der Waals surface area contributed by atoms with Crippen molar-refractivity contribution in [3.63, 3.8) is 0 Å². The van der Waals surface area contributed by atoms with Gasteiger partial charge in [-0.25, -0.2) is 0 Å². The highest BCUT2D eigenvalue weighted by Crippen LogP contribution is 2.50. The number of hydrogen-bond acceptors (Lipinski definition) is 4. The molecule has 0 aromatic heterocycles. The zero-order valence-electron chi connectivity index (χ0n) is 12.6. The Balaban J connectivity index is 1.83. The van der Waals surface area contributed by atoms with E-state index in [2.05, 4.69) is 19.9 Å². The summed E-state index contributed by atoms with van der Waals surface area (Å²) < 4.78 is 16.8. The highest BCUT2D eigenvalue weighted by molar-refractivity contribution is 5.75. The molecule has 2 saturated heterocycles. The molecule has 0 bridgehead atoms. The normalized spacial score (nSPS) is 46.8. The van der Waals surface area contributed by atoms with Gasteiger partial charge in [-0.2, -0.15) is 0 Å². The number of fused-ring (bicyclic) bond motifs is 3. The van der Waals surface area contributed by atoms with Gasteiger partial charge in [0.05, 0.1) is 18.1 Å². The van der Waals surface area contributed by atoms with Gasteiger partial charge in [-0.05, 0) is 39.5 Å². The van der Waals surface area contributed by atoms with E-state index in [1.165, 1.54) is 5.57 Å². The van der Waals surface area contributed by atoms with Gasteiger partial charge in [0, 0.05) is 13.0 Å². The van der Waals surface area contributed by atoms with Gasteiger partial charge in [0.15, 0.2) is 0 Å². The van der Waals surface area contributed by atoms with Crippen LogP contribution >= 0.6 is 0 Å². The number of rotatable bonds is 2. The van der Waals surface area contributed by atoms with E-state index in [1.807, 2.05) is 0 Å². The Kier molecular flexibility index (Phi) is 3.63. The lowest BCUT2D eigenvalue weighted by Gasteiger charge is -2.21. The second-order valence-electron chi connectivity index (χ2n) is 6.61. The second kappa shape index (κ2) is 5.15. The molecule has 5 atom stereocenters. The lowest BCUT2D eigenvalue weighted by atomic mass is 9.81. The third-order valence-corrected chi connectivity index (χ3v) is 5.08. The van der Waals surface area contributed by atoms with Crippen molar-refractivity contribution < 1.29 is 19.0 Å². The SMILES string of the molecule is COC[C@H]1C(=O)O[C@H]2[C@H]1CC/C(C)=C/CC[C@]1(C)O[C@@H]21. The molecule has 0 saturated carbocycles. The molecular formula is C16H24O4. The van der Waals surface area contributed by atoms with Crippen LogP contribution in [0.15, 0.2) is 11.6 Å². The Labute approximate surface area is 120 Å². The topological polar surface area (TPSA) is 48.1 Å². The quantitative estimate of drug-likeness (QED) is 0.443. The van der Waals surface area contributed by atoms with E-state index in [-0.39, 0.29) is 35.6 Å². The Morgan fingerprint density at radius 3 is 3.05 bits per heavy atom. The van der Waals surface area contributed by atoms with Crippen molar-refractivity contribution in [1.82, 2.24) is 0 Å². The largest absolute Gasteiger partial charge is 0.459 e. The van der Waals surface area contributed by atoms with Gasteiger partial charge >= 0.3 is 5.97 Å².